The average Bonchev–Trinajstić information content (AvgIpc) is 3.26. The summed E-state index contributed by atoms with van der Waals surface area (Å²) < 4.78 is 7.27. The summed E-state index contributed by atoms with van der Waals surface area (Å²) in [6, 6.07) is 8.13. The molecule has 0 amide bonds. The van der Waals surface area contributed by atoms with Gasteiger partial charge in [0.05, 0.1) is 30.3 Å². The van der Waals surface area contributed by atoms with E-state index >= 15 is 0 Å². The highest BCUT2D eigenvalue weighted by Crippen LogP contribution is 2.25. The molecule has 0 spiro atoms. The Labute approximate surface area is 143 Å². The molecule has 3 heterocycles. The second-order valence-electron chi connectivity index (χ2n) is 5.53. The quantitative estimate of drug-likeness (QED) is 0.767. The predicted octanol–water partition coefficient (Wildman–Crippen LogP) is 2.50. The van der Waals surface area contributed by atoms with Crippen molar-refractivity contribution in [1.82, 2.24) is 25.2 Å². The van der Waals surface area contributed by atoms with E-state index in [2.05, 4.69) is 26.9 Å². The minimum absolute atomic E-state index is 0.697. The summed E-state index contributed by atoms with van der Waals surface area (Å²) in [6.07, 6.45) is 0.918. The molecule has 0 radical (unpaired) electrons. The number of hydrogen-bond acceptors (Lipinski definition) is 7. The van der Waals surface area contributed by atoms with E-state index in [0.717, 1.165) is 41.7 Å². The maximum Gasteiger partial charge on any atom is 0.182 e. The number of hydrogen-bond donors (Lipinski definition) is 1. The normalized spacial score (nSPS) is 13.7. The zero-order chi connectivity index (χ0) is 16.4. The first-order valence-corrected chi connectivity index (χ1v) is 8.81. The molecule has 1 aliphatic heterocycles. The zero-order valence-corrected chi connectivity index (χ0v) is 14.2. The Morgan fingerprint density at radius 3 is 3.21 bits per heavy atom. The van der Waals surface area contributed by atoms with Gasteiger partial charge in [0.15, 0.2) is 5.82 Å². The molecule has 124 valence electrons. The molecule has 0 unspecified atom stereocenters. The van der Waals surface area contributed by atoms with Gasteiger partial charge < -0.3 is 10.1 Å². The van der Waals surface area contributed by atoms with Gasteiger partial charge in [0.1, 0.15) is 5.01 Å². The zero-order valence-electron chi connectivity index (χ0n) is 13.4. The van der Waals surface area contributed by atoms with Crippen molar-refractivity contribution < 1.29 is 4.74 Å². The van der Waals surface area contributed by atoms with Crippen LogP contribution in [0.4, 0.5) is 5.69 Å². The van der Waals surface area contributed by atoms with E-state index in [1.165, 1.54) is 10.6 Å². The van der Waals surface area contributed by atoms with Crippen molar-refractivity contribution in [3.05, 3.63) is 39.8 Å². The van der Waals surface area contributed by atoms with E-state index < -0.39 is 0 Å². The number of aryl methyl sites for hydroxylation is 1. The molecule has 0 aliphatic carbocycles. The van der Waals surface area contributed by atoms with Crippen molar-refractivity contribution in [2.75, 3.05) is 11.9 Å². The number of fused-ring (bicyclic) bond motifs is 1. The summed E-state index contributed by atoms with van der Waals surface area (Å²) in [7, 11) is 0. The van der Waals surface area contributed by atoms with Gasteiger partial charge in [-0.25, -0.2) is 9.67 Å². The summed E-state index contributed by atoms with van der Waals surface area (Å²) in [4.78, 5) is 5.96. The summed E-state index contributed by atoms with van der Waals surface area (Å²) in [5.74, 6) is 0.781. The Morgan fingerprint density at radius 2 is 2.33 bits per heavy atom. The highest BCUT2D eigenvalue weighted by Gasteiger charge is 2.15. The van der Waals surface area contributed by atoms with Crippen molar-refractivity contribution in [2.24, 2.45) is 0 Å². The van der Waals surface area contributed by atoms with Crippen LogP contribution in [0.15, 0.2) is 24.3 Å². The largest absolute Gasteiger partial charge is 0.379 e. The highest BCUT2D eigenvalue weighted by atomic mass is 32.1. The minimum atomic E-state index is 0.697. The third kappa shape index (κ3) is 3.02. The van der Waals surface area contributed by atoms with Crippen LogP contribution in [-0.4, -0.2) is 31.8 Å². The van der Waals surface area contributed by atoms with Crippen LogP contribution in [-0.2, 0) is 30.9 Å². The number of anilines is 1. The molecule has 0 atom stereocenters. The molecule has 2 aromatic heterocycles. The number of thiazole rings is 1. The van der Waals surface area contributed by atoms with E-state index in [1.54, 1.807) is 16.0 Å². The summed E-state index contributed by atoms with van der Waals surface area (Å²) in [5.41, 5.74) is 3.22. The number of nitrogens with zero attached hydrogens (tertiary/aromatic N) is 5. The van der Waals surface area contributed by atoms with Crippen molar-refractivity contribution in [1.29, 1.82) is 0 Å². The van der Waals surface area contributed by atoms with Crippen molar-refractivity contribution in [2.45, 2.75) is 33.0 Å². The molecule has 0 fully saturated rings. The van der Waals surface area contributed by atoms with E-state index in [-0.39, 0.29) is 0 Å². The Bertz CT molecular complexity index is 819. The van der Waals surface area contributed by atoms with Crippen LogP contribution in [0, 0.1) is 0 Å². The predicted molar refractivity (Wildman–Crippen MR) is 91.7 cm³/mol. The van der Waals surface area contributed by atoms with E-state index in [9.17, 15) is 0 Å². The van der Waals surface area contributed by atoms with Crippen LogP contribution in [0.3, 0.4) is 0 Å². The van der Waals surface area contributed by atoms with Gasteiger partial charge in [-0.1, -0.05) is 12.1 Å². The molecule has 7 nitrogen and oxygen atoms in total. The number of nitrogens with one attached hydrogen (secondary N) is 1. The number of tetrazole rings is 1. The minimum Gasteiger partial charge on any atom is -0.379 e. The first-order chi connectivity index (χ1) is 11.8. The standard InChI is InChI=1S/C16H18N6OS/c1-2-22-16(19-20-21-22)11-4-3-5-12(8-11)17-9-15-18-13-6-7-23-10-14(13)24-15/h3-5,8,17H,2,6-7,9-10H2,1H3. The maximum atomic E-state index is 5.48. The maximum absolute atomic E-state index is 5.48. The molecule has 1 aliphatic rings. The smallest absolute Gasteiger partial charge is 0.182 e. The molecule has 8 heteroatoms. The summed E-state index contributed by atoms with van der Waals surface area (Å²) in [5, 5.41) is 16.4. The third-order valence-corrected chi connectivity index (χ3v) is 5.01. The van der Waals surface area contributed by atoms with Crippen LogP contribution in [0.2, 0.25) is 0 Å². The molecule has 24 heavy (non-hydrogen) atoms. The van der Waals surface area contributed by atoms with Crippen LogP contribution in [0.5, 0.6) is 0 Å². The first kappa shape index (κ1) is 15.2. The van der Waals surface area contributed by atoms with Gasteiger partial charge in [-0.2, -0.15) is 0 Å². The van der Waals surface area contributed by atoms with Gasteiger partial charge in [0.2, 0.25) is 0 Å². The van der Waals surface area contributed by atoms with Crippen molar-refractivity contribution >= 4 is 17.0 Å². The van der Waals surface area contributed by atoms with Gasteiger partial charge in [-0.3, -0.25) is 0 Å². The number of rotatable bonds is 5. The molecule has 1 aromatic carbocycles. The number of aromatic nitrogens is 5. The Kier molecular flexibility index (Phi) is 4.22. The van der Waals surface area contributed by atoms with Gasteiger partial charge in [-0.15, -0.1) is 16.4 Å². The fourth-order valence-corrected chi connectivity index (χ4v) is 3.72. The average molecular weight is 342 g/mol. The second kappa shape index (κ2) is 6.66. The molecular formula is C16H18N6OS. The van der Waals surface area contributed by atoms with Crippen LogP contribution >= 0.6 is 11.3 Å². The van der Waals surface area contributed by atoms with Crippen molar-refractivity contribution in [3.8, 4) is 11.4 Å². The van der Waals surface area contributed by atoms with E-state index in [4.69, 9.17) is 9.72 Å². The Hall–Kier alpha value is -2.32. The lowest BCUT2D eigenvalue weighted by Crippen LogP contribution is -2.07. The lowest BCUT2D eigenvalue weighted by atomic mass is 10.2. The molecular weight excluding hydrogens is 324 g/mol. The topological polar surface area (TPSA) is 77.8 Å². The van der Waals surface area contributed by atoms with Crippen molar-refractivity contribution in [3.63, 3.8) is 0 Å². The highest BCUT2D eigenvalue weighted by molar-refractivity contribution is 7.11. The van der Waals surface area contributed by atoms with Crippen LogP contribution in [0.25, 0.3) is 11.4 Å². The van der Waals surface area contributed by atoms with Crippen LogP contribution < -0.4 is 5.32 Å². The SMILES string of the molecule is CCn1nnnc1-c1cccc(NCc2nc3c(s2)COCC3)c1. The Morgan fingerprint density at radius 1 is 1.38 bits per heavy atom. The van der Waals surface area contributed by atoms with E-state index in [0.29, 0.717) is 13.2 Å². The second-order valence-corrected chi connectivity index (χ2v) is 6.70. The lowest BCUT2D eigenvalue weighted by Gasteiger charge is -2.08. The number of ether oxygens (including phenoxy) is 1. The summed E-state index contributed by atoms with van der Waals surface area (Å²) in [6.45, 7) is 4.95. The fraction of sp³-hybridized carbons (Fsp3) is 0.375. The van der Waals surface area contributed by atoms with Gasteiger partial charge >= 0.3 is 0 Å². The molecule has 1 N–H and O–H groups in total. The van der Waals surface area contributed by atoms with Crippen LogP contribution in [0.1, 0.15) is 22.5 Å². The molecule has 4 rings (SSSR count). The Balaban J connectivity index is 1.49. The first-order valence-electron chi connectivity index (χ1n) is 7.99. The molecule has 0 bridgehead atoms. The molecule has 0 saturated carbocycles. The molecule has 3 aromatic rings. The lowest BCUT2D eigenvalue weighted by molar-refractivity contribution is 0.112. The molecule has 0 saturated heterocycles. The van der Waals surface area contributed by atoms with Gasteiger partial charge in [0, 0.05) is 24.2 Å². The third-order valence-electron chi connectivity index (χ3n) is 3.93. The van der Waals surface area contributed by atoms with E-state index in [1.807, 2.05) is 25.1 Å². The monoisotopic (exact) mass is 342 g/mol. The van der Waals surface area contributed by atoms with Gasteiger partial charge in [-0.05, 0) is 29.5 Å². The fourth-order valence-electron chi connectivity index (χ4n) is 2.72. The summed E-state index contributed by atoms with van der Waals surface area (Å²) >= 11 is 1.73. The number of benzene rings is 1. The van der Waals surface area contributed by atoms with Gasteiger partial charge in [0.25, 0.3) is 0 Å².